The molecular formula is C9H10O3. The van der Waals surface area contributed by atoms with E-state index in [9.17, 15) is 4.79 Å². The zero-order chi connectivity index (χ0) is 8.55. The van der Waals surface area contributed by atoms with Crippen LogP contribution in [-0.2, 0) is 6.42 Å². The Morgan fingerprint density at radius 3 is 2.92 bits per heavy atom. The van der Waals surface area contributed by atoms with E-state index in [1.807, 2.05) is 0 Å². The largest absolute Gasteiger partial charge is 0.475 e. The van der Waals surface area contributed by atoms with Gasteiger partial charge in [0.05, 0.1) is 6.26 Å². The minimum Gasteiger partial charge on any atom is -0.475 e. The van der Waals surface area contributed by atoms with Crippen LogP contribution in [0.5, 0.6) is 0 Å². The molecule has 64 valence electrons. The van der Waals surface area contributed by atoms with Crippen LogP contribution < -0.4 is 0 Å². The average molecular weight is 166 g/mol. The van der Waals surface area contributed by atoms with Crippen molar-refractivity contribution in [3.8, 4) is 0 Å². The van der Waals surface area contributed by atoms with Gasteiger partial charge in [0, 0.05) is 0 Å². The summed E-state index contributed by atoms with van der Waals surface area (Å²) in [6.45, 7) is 0. The maximum atomic E-state index is 10.4. The molecule has 1 saturated carbocycles. The van der Waals surface area contributed by atoms with Gasteiger partial charge in [-0.05, 0) is 36.8 Å². The van der Waals surface area contributed by atoms with Gasteiger partial charge < -0.3 is 9.52 Å². The highest BCUT2D eigenvalue weighted by Crippen LogP contribution is 2.32. The van der Waals surface area contributed by atoms with Crippen LogP contribution in [0.4, 0.5) is 0 Å². The molecule has 3 heteroatoms. The van der Waals surface area contributed by atoms with Crippen LogP contribution in [0.15, 0.2) is 16.7 Å². The summed E-state index contributed by atoms with van der Waals surface area (Å²) in [4.78, 5) is 10.4. The minimum absolute atomic E-state index is 0.0469. The van der Waals surface area contributed by atoms with E-state index in [2.05, 4.69) is 0 Å². The minimum atomic E-state index is -0.989. The molecule has 0 unspecified atom stereocenters. The molecular weight excluding hydrogens is 156 g/mol. The van der Waals surface area contributed by atoms with Gasteiger partial charge in [0.15, 0.2) is 0 Å². The van der Waals surface area contributed by atoms with Crippen molar-refractivity contribution in [1.82, 2.24) is 0 Å². The first-order valence-corrected chi connectivity index (χ1v) is 4.06. The Kier molecular flexibility index (Phi) is 1.64. The van der Waals surface area contributed by atoms with Crippen molar-refractivity contribution in [1.29, 1.82) is 0 Å². The van der Waals surface area contributed by atoms with E-state index >= 15 is 0 Å². The van der Waals surface area contributed by atoms with Gasteiger partial charge >= 0.3 is 5.97 Å². The summed E-state index contributed by atoms with van der Waals surface area (Å²) in [5.41, 5.74) is 1.01. The summed E-state index contributed by atoms with van der Waals surface area (Å²) in [7, 11) is 0. The average Bonchev–Trinajstić information content (AvgIpc) is 2.66. The van der Waals surface area contributed by atoms with Crippen molar-refractivity contribution < 1.29 is 14.3 Å². The van der Waals surface area contributed by atoms with E-state index < -0.39 is 5.97 Å². The Balaban J connectivity index is 2.06. The molecule has 1 aliphatic rings. The topological polar surface area (TPSA) is 50.4 Å². The Hall–Kier alpha value is -1.25. The van der Waals surface area contributed by atoms with E-state index in [1.165, 1.54) is 12.8 Å². The molecule has 1 aliphatic carbocycles. The zero-order valence-corrected chi connectivity index (χ0v) is 6.62. The number of rotatable bonds is 3. The monoisotopic (exact) mass is 166 g/mol. The van der Waals surface area contributed by atoms with E-state index in [0.29, 0.717) is 0 Å². The van der Waals surface area contributed by atoms with Crippen LogP contribution in [0.1, 0.15) is 29.0 Å². The summed E-state index contributed by atoms with van der Waals surface area (Å²) < 4.78 is 4.86. The van der Waals surface area contributed by atoms with E-state index in [4.69, 9.17) is 9.52 Å². The van der Waals surface area contributed by atoms with E-state index in [0.717, 1.165) is 17.9 Å². The van der Waals surface area contributed by atoms with Crippen LogP contribution in [-0.4, -0.2) is 11.1 Å². The SMILES string of the molecule is O=C(O)c1cc(CC2CC2)co1. The molecule has 0 radical (unpaired) electrons. The zero-order valence-electron chi connectivity index (χ0n) is 6.62. The predicted molar refractivity (Wildman–Crippen MR) is 42.1 cm³/mol. The molecule has 0 amide bonds. The maximum Gasteiger partial charge on any atom is 0.371 e. The fraction of sp³-hybridized carbons (Fsp3) is 0.444. The number of carboxylic acid groups (broad SMARTS) is 1. The molecule has 0 atom stereocenters. The molecule has 1 heterocycles. The van der Waals surface area contributed by atoms with Crippen molar-refractivity contribution in [2.45, 2.75) is 19.3 Å². The Bertz CT molecular complexity index is 296. The number of furan rings is 1. The van der Waals surface area contributed by atoms with Crippen molar-refractivity contribution in [3.05, 3.63) is 23.7 Å². The van der Waals surface area contributed by atoms with Gasteiger partial charge in [0.1, 0.15) is 0 Å². The Morgan fingerprint density at radius 2 is 2.42 bits per heavy atom. The standard InChI is InChI=1S/C9H10O3/c10-9(11)8-4-7(5-12-8)3-6-1-2-6/h4-6H,1-3H2,(H,10,11). The first-order valence-electron chi connectivity index (χ1n) is 4.06. The Morgan fingerprint density at radius 1 is 1.67 bits per heavy atom. The number of carbonyl (C=O) groups is 1. The third-order valence-electron chi connectivity index (χ3n) is 2.09. The summed E-state index contributed by atoms with van der Waals surface area (Å²) >= 11 is 0. The molecule has 0 saturated heterocycles. The van der Waals surface area contributed by atoms with Gasteiger partial charge in [-0.3, -0.25) is 0 Å². The molecule has 12 heavy (non-hydrogen) atoms. The number of hydrogen-bond acceptors (Lipinski definition) is 2. The Labute approximate surface area is 70.0 Å². The second-order valence-corrected chi connectivity index (χ2v) is 3.27. The lowest BCUT2D eigenvalue weighted by Crippen LogP contribution is -1.92. The molecule has 0 aromatic carbocycles. The predicted octanol–water partition coefficient (Wildman–Crippen LogP) is 1.93. The fourth-order valence-electron chi connectivity index (χ4n) is 1.25. The van der Waals surface area contributed by atoms with Gasteiger partial charge in [-0.25, -0.2) is 4.79 Å². The molecule has 1 aromatic heterocycles. The van der Waals surface area contributed by atoms with E-state index in [-0.39, 0.29) is 5.76 Å². The van der Waals surface area contributed by atoms with Gasteiger partial charge in [-0.1, -0.05) is 0 Å². The lowest BCUT2D eigenvalue weighted by molar-refractivity contribution is 0.0662. The van der Waals surface area contributed by atoms with Crippen molar-refractivity contribution >= 4 is 5.97 Å². The fourth-order valence-corrected chi connectivity index (χ4v) is 1.25. The molecule has 0 aliphatic heterocycles. The molecule has 0 spiro atoms. The normalized spacial score (nSPS) is 16.3. The quantitative estimate of drug-likeness (QED) is 0.746. The number of hydrogen-bond donors (Lipinski definition) is 1. The third-order valence-corrected chi connectivity index (χ3v) is 2.09. The van der Waals surface area contributed by atoms with Crippen molar-refractivity contribution in [2.75, 3.05) is 0 Å². The second-order valence-electron chi connectivity index (χ2n) is 3.27. The molecule has 1 aromatic rings. The third kappa shape index (κ3) is 1.49. The smallest absolute Gasteiger partial charge is 0.371 e. The summed E-state index contributed by atoms with van der Waals surface area (Å²) in [5.74, 6) is -0.174. The van der Waals surface area contributed by atoms with Crippen LogP contribution in [0, 0.1) is 5.92 Å². The van der Waals surface area contributed by atoms with Crippen LogP contribution in [0.25, 0.3) is 0 Å². The maximum absolute atomic E-state index is 10.4. The summed E-state index contributed by atoms with van der Waals surface area (Å²) in [6, 6.07) is 1.61. The van der Waals surface area contributed by atoms with Gasteiger partial charge in [-0.2, -0.15) is 0 Å². The first kappa shape index (κ1) is 7.40. The molecule has 2 rings (SSSR count). The van der Waals surface area contributed by atoms with Gasteiger partial charge in [-0.15, -0.1) is 0 Å². The second kappa shape index (κ2) is 2.66. The van der Waals surface area contributed by atoms with Crippen LogP contribution in [0.2, 0.25) is 0 Å². The highest BCUT2D eigenvalue weighted by atomic mass is 16.4. The van der Waals surface area contributed by atoms with E-state index in [1.54, 1.807) is 12.3 Å². The van der Waals surface area contributed by atoms with Crippen molar-refractivity contribution in [3.63, 3.8) is 0 Å². The van der Waals surface area contributed by atoms with Crippen molar-refractivity contribution in [2.24, 2.45) is 5.92 Å². The number of aromatic carboxylic acids is 1. The first-order chi connectivity index (χ1) is 5.75. The lowest BCUT2D eigenvalue weighted by Gasteiger charge is -1.87. The van der Waals surface area contributed by atoms with Gasteiger partial charge in [0.25, 0.3) is 0 Å². The molecule has 0 bridgehead atoms. The molecule has 1 N–H and O–H groups in total. The van der Waals surface area contributed by atoms with Crippen LogP contribution in [0.3, 0.4) is 0 Å². The molecule has 3 nitrogen and oxygen atoms in total. The summed E-state index contributed by atoms with van der Waals surface area (Å²) in [5, 5.41) is 8.55. The highest BCUT2D eigenvalue weighted by Gasteiger charge is 2.22. The lowest BCUT2D eigenvalue weighted by atomic mass is 10.2. The van der Waals surface area contributed by atoms with Crippen LogP contribution >= 0.6 is 0 Å². The summed E-state index contributed by atoms with van der Waals surface area (Å²) in [6.07, 6.45) is 5.06. The highest BCUT2D eigenvalue weighted by molar-refractivity contribution is 5.84. The molecule has 1 fully saturated rings. The number of carboxylic acids is 1. The van der Waals surface area contributed by atoms with Gasteiger partial charge in [0.2, 0.25) is 5.76 Å².